The summed E-state index contributed by atoms with van der Waals surface area (Å²) in [5, 5.41) is 11.7. The number of rotatable bonds is 8. The molecule has 13 heteroatoms. The molecular formula is C25H32F2N6O4S. The number of piperidine rings is 2. The maximum Gasteiger partial charge on any atom is 0.265 e. The molecule has 1 aliphatic carbocycles. The summed E-state index contributed by atoms with van der Waals surface area (Å²) in [5.41, 5.74) is 1.59. The molecule has 3 fully saturated rings. The zero-order chi connectivity index (χ0) is 27.0. The molecule has 0 bridgehead atoms. The van der Waals surface area contributed by atoms with Crippen molar-refractivity contribution in [2.24, 2.45) is 5.41 Å². The fourth-order valence-corrected chi connectivity index (χ4v) is 6.04. The molecule has 3 heterocycles. The molecule has 206 valence electrons. The molecule has 5 rings (SSSR count). The summed E-state index contributed by atoms with van der Waals surface area (Å²) in [4.78, 5) is 25.4. The summed E-state index contributed by atoms with van der Waals surface area (Å²) in [6.45, 7) is 0.968. The van der Waals surface area contributed by atoms with Crippen LogP contribution in [0.25, 0.3) is 0 Å². The SMILES string of the molecule is O=C(Nc1nccc(N2CCCC(F)(F)C2)n1)c1ccc(NS(=O)(=O)CCO)cc1N1CCC2(CC1)CC2. The molecule has 38 heavy (non-hydrogen) atoms. The van der Waals surface area contributed by atoms with Gasteiger partial charge < -0.3 is 14.9 Å². The van der Waals surface area contributed by atoms with Crippen LogP contribution < -0.4 is 19.8 Å². The largest absolute Gasteiger partial charge is 0.395 e. The monoisotopic (exact) mass is 550 g/mol. The minimum Gasteiger partial charge on any atom is -0.395 e. The number of halogens is 2. The van der Waals surface area contributed by atoms with E-state index in [1.54, 1.807) is 6.07 Å². The van der Waals surface area contributed by atoms with Crippen molar-refractivity contribution in [1.29, 1.82) is 0 Å². The van der Waals surface area contributed by atoms with Crippen LogP contribution in [-0.4, -0.2) is 73.9 Å². The molecule has 0 atom stereocenters. The number of sulfonamides is 1. The van der Waals surface area contributed by atoms with Gasteiger partial charge in [-0.25, -0.2) is 22.2 Å². The van der Waals surface area contributed by atoms with Crippen molar-refractivity contribution in [2.75, 3.05) is 58.4 Å². The molecule has 2 aliphatic heterocycles. The van der Waals surface area contributed by atoms with E-state index in [1.807, 2.05) is 0 Å². The van der Waals surface area contributed by atoms with Crippen LogP contribution in [0.1, 0.15) is 48.9 Å². The average molecular weight is 551 g/mol. The quantitative estimate of drug-likeness (QED) is 0.458. The highest BCUT2D eigenvalue weighted by Crippen LogP contribution is 2.54. The molecule has 2 aromatic rings. The minimum atomic E-state index is -3.74. The maximum absolute atomic E-state index is 13.9. The Bertz CT molecular complexity index is 1290. The Morgan fingerprint density at radius 1 is 1.05 bits per heavy atom. The van der Waals surface area contributed by atoms with Crippen LogP contribution in [0.2, 0.25) is 0 Å². The number of anilines is 4. The van der Waals surface area contributed by atoms with E-state index in [9.17, 15) is 22.0 Å². The highest BCUT2D eigenvalue weighted by Gasteiger charge is 2.44. The number of hydrogen-bond acceptors (Lipinski definition) is 8. The van der Waals surface area contributed by atoms with Crippen LogP contribution >= 0.6 is 0 Å². The summed E-state index contributed by atoms with van der Waals surface area (Å²) >= 11 is 0. The van der Waals surface area contributed by atoms with Gasteiger partial charge in [0.2, 0.25) is 16.0 Å². The Labute approximate surface area is 220 Å². The maximum atomic E-state index is 13.9. The second-order valence-electron chi connectivity index (χ2n) is 10.4. The van der Waals surface area contributed by atoms with Gasteiger partial charge in [0.25, 0.3) is 11.8 Å². The Morgan fingerprint density at radius 3 is 2.50 bits per heavy atom. The van der Waals surface area contributed by atoms with Crippen LogP contribution in [0.15, 0.2) is 30.5 Å². The zero-order valence-electron chi connectivity index (χ0n) is 21.0. The van der Waals surface area contributed by atoms with E-state index in [2.05, 4.69) is 24.9 Å². The fourth-order valence-electron chi connectivity index (χ4n) is 5.21. The first kappa shape index (κ1) is 26.5. The van der Waals surface area contributed by atoms with Crippen LogP contribution in [0.3, 0.4) is 0 Å². The van der Waals surface area contributed by atoms with Gasteiger partial charge in [0.15, 0.2) is 0 Å². The standard InChI is InChI=1S/C25H32F2N6O4S/c26-25(27)5-1-11-33(17-25)21-4-10-28-23(29-21)30-22(35)19-3-2-18(31-38(36,37)15-14-34)16-20(19)32-12-8-24(6-7-24)9-13-32/h2-4,10,16,31,34H,1,5-9,11-15,17H2,(H,28,29,30,35). The first-order valence-electron chi connectivity index (χ1n) is 12.8. The Morgan fingerprint density at radius 2 is 1.82 bits per heavy atom. The zero-order valence-corrected chi connectivity index (χ0v) is 21.8. The number of aromatic nitrogens is 2. The van der Waals surface area contributed by atoms with Gasteiger partial charge in [-0.15, -0.1) is 0 Å². The molecule has 1 saturated carbocycles. The third-order valence-electron chi connectivity index (χ3n) is 7.58. The first-order valence-corrected chi connectivity index (χ1v) is 14.5. The van der Waals surface area contributed by atoms with Crippen LogP contribution in [-0.2, 0) is 10.0 Å². The van der Waals surface area contributed by atoms with Crippen molar-refractivity contribution in [3.05, 3.63) is 36.0 Å². The normalized spacial score (nSPS) is 20.3. The molecule has 1 aromatic carbocycles. The highest BCUT2D eigenvalue weighted by atomic mass is 32.2. The van der Waals surface area contributed by atoms with Gasteiger partial charge in [0.1, 0.15) is 5.82 Å². The highest BCUT2D eigenvalue weighted by molar-refractivity contribution is 7.92. The van der Waals surface area contributed by atoms with Gasteiger partial charge >= 0.3 is 0 Å². The molecule has 1 spiro atoms. The number of alkyl halides is 2. The molecule has 3 aliphatic rings. The number of carbonyl (C=O) groups is 1. The Hall–Kier alpha value is -3.06. The number of aliphatic hydroxyl groups excluding tert-OH is 1. The van der Waals surface area contributed by atoms with Gasteiger partial charge in [-0.2, -0.15) is 4.98 Å². The Balaban J connectivity index is 1.38. The van der Waals surface area contributed by atoms with Crippen LogP contribution in [0, 0.1) is 5.41 Å². The van der Waals surface area contributed by atoms with E-state index in [-0.39, 0.29) is 12.4 Å². The summed E-state index contributed by atoms with van der Waals surface area (Å²) in [6.07, 6.45) is 6.03. The predicted octanol–water partition coefficient (Wildman–Crippen LogP) is 3.08. The van der Waals surface area contributed by atoms with E-state index < -0.39 is 40.8 Å². The summed E-state index contributed by atoms with van der Waals surface area (Å²) in [7, 11) is -3.74. The average Bonchev–Trinajstić information content (AvgIpc) is 3.62. The second kappa shape index (κ2) is 10.3. The molecule has 10 nitrogen and oxygen atoms in total. The number of nitrogens with one attached hydrogen (secondary N) is 2. The van der Waals surface area contributed by atoms with Crippen molar-refractivity contribution in [3.8, 4) is 0 Å². The van der Waals surface area contributed by atoms with Crippen molar-refractivity contribution in [1.82, 2.24) is 9.97 Å². The fraction of sp³-hybridized carbons (Fsp3) is 0.560. The number of hydrogen-bond donors (Lipinski definition) is 3. The lowest BCUT2D eigenvalue weighted by Crippen LogP contribution is -2.43. The van der Waals surface area contributed by atoms with Crippen LogP contribution in [0.5, 0.6) is 0 Å². The lowest BCUT2D eigenvalue weighted by molar-refractivity contribution is -0.0118. The van der Waals surface area contributed by atoms with E-state index >= 15 is 0 Å². The Kier molecular flexibility index (Phi) is 7.16. The van der Waals surface area contributed by atoms with Crippen molar-refractivity contribution in [2.45, 2.75) is 44.4 Å². The summed E-state index contributed by atoms with van der Waals surface area (Å²) in [5.74, 6) is -3.41. The van der Waals surface area contributed by atoms with Gasteiger partial charge in [-0.1, -0.05) is 0 Å². The molecule has 3 N–H and O–H groups in total. The van der Waals surface area contributed by atoms with Crippen molar-refractivity contribution in [3.63, 3.8) is 0 Å². The molecule has 0 unspecified atom stereocenters. The second-order valence-corrected chi connectivity index (χ2v) is 12.3. The first-order chi connectivity index (χ1) is 18.1. The molecule has 1 amide bonds. The number of aliphatic hydroxyl groups is 1. The van der Waals surface area contributed by atoms with Gasteiger partial charge in [-0.05, 0) is 61.8 Å². The van der Waals surface area contributed by atoms with Gasteiger partial charge in [-0.3, -0.25) is 14.8 Å². The third kappa shape index (κ3) is 6.15. The summed E-state index contributed by atoms with van der Waals surface area (Å²) in [6, 6.07) is 6.20. The van der Waals surface area contributed by atoms with Crippen LogP contribution in [0.4, 0.5) is 31.9 Å². The minimum absolute atomic E-state index is 0.00403. The van der Waals surface area contributed by atoms with Crippen molar-refractivity contribution >= 4 is 39.1 Å². The number of amides is 1. The van der Waals surface area contributed by atoms with E-state index in [0.29, 0.717) is 41.1 Å². The molecule has 2 saturated heterocycles. The lowest BCUT2D eigenvalue weighted by Gasteiger charge is -2.35. The lowest BCUT2D eigenvalue weighted by atomic mass is 9.93. The smallest absolute Gasteiger partial charge is 0.265 e. The summed E-state index contributed by atoms with van der Waals surface area (Å²) < 4.78 is 54.7. The van der Waals surface area contributed by atoms with E-state index in [1.165, 1.54) is 42.1 Å². The topological polar surface area (TPSA) is 128 Å². The predicted molar refractivity (Wildman–Crippen MR) is 140 cm³/mol. The molecular weight excluding hydrogens is 518 g/mol. The third-order valence-corrected chi connectivity index (χ3v) is 8.85. The van der Waals surface area contributed by atoms with Gasteiger partial charge in [0, 0.05) is 32.3 Å². The van der Waals surface area contributed by atoms with E-state index in [4.69, 9.17) is 5.11 Å². The number of benzene rings is 1. The van der Waals surface area contributed by atoms with E-state index in [0.717, 1.165) is 25.9 Å². The van der Waals surface area contributed by atoms with Gasteiger partial charge in [0.05, 0.1) is 35.8 Å². The number of carbonyl (C=O) groups excluding carboxylic acids is 1. The number of nitrogens with zero attached hydrogens (tertiary/aromatic N) is 4. The molecule has 0 radical (unpaired) electrons. The van der Waals surface area contributed by atoms with Crippen molar-refractivity contribution < 1.29 is 27.1 Å². The molecule has 1 aromatic heterocycles.